The molecule has 6 heteroatoms. The van der Waals surface area contributed by atoms with Crippen molar-refractivity contribution in [1.29, 1.82) is 0 Å². The van der Waals surface area contributed by atoms with Crippen LogP contribution in [0, 0.1) is 0 Å². The van der Waals surface area contributed by atoms with Gasteiger partial charge in [-0.25, -0.2) is 0 Å². The maximum Gasteiger partial charge on any atom is 0.253 e. The van der Waals surface area contributed by atoms with Gasteiger partial charge in [-0.2, -0.15) is 0 Å². The van der Waals surface area contributed by atoms with Crippen molar-refractivity contribution in [2.75, 3.05) is 6.54 Å². The number of thiophene rings is 1. The third-order valence-corrected chi connectivity index (χ3v) is 6.75. The van der Waals surface area contributed by atoms with Crippen LogP contribution in [0.5, 0.6) is 0 Å². The van der Waals surface area contributed by atoms with E-state index in [0.29, 0.717) is 10.6 Å². The van der Waals surface area contributed by atoms with E-state index in [1.165, 1.54) is 4.88 Å². The summed E-state index contributed by atoms with van der Waals surface area (Å²) < 4.78 is 0. The number of hydrogen-bond donors (Lipinski definition) is 1. The van der Waals surface area contributed by atoms with Crippen molar-refractivity contribution in [3.8, 4) is 0 Å². The van der Waals surface area contributed by atoms with Crippen LogP contribution in [0.3, 0.4) is 0 Å². The van der Waals surface area contributed by atoms with E-state index >= 15 is 0 Å². The van der Waals surface area contributed by atoms with Crippen LogP contribution in [0.1, 0.15) is 52.1 Å². The van der Waals surface area contributed by atoms with Crippen molar-refractivity contribution in [3.05, 3.63) is 93.1 Å². The normalized spacial score (nSPS) is 17.0. The smallest absolute Gasteiger partial charge is 0.253 e. The number of hydrogen-bond acceptors (Lipinski definition) is 3. The van der Waals surface area contributed by atoms with Crippen molar-refractivity contribution >= 4 is 34.8 Å². The predicted molar refractivity (Wildman–Crippen MR) is 121 cm³/mol. The summed E-state index contributed by atoms with van der Waals surface area (Å²) in [6.07, 6.45) is 2.19. The Bertz CT molecular complexity index is 1010. The quantitative estimate of drug-likeness (QED) is 0.542. The Balaban J connectivity index is 1.54. The third-order valence-electron chi connectivity index (χ3n) is 5.45. The molecule has 1 N–H and O–H groups in total. The number of carbonyl (C=O) groups is 2. The molecular formula is C24H23ClN2O2S. The first kappa shape index (κ1) is 20.6. The molecule has 0 aliphatic carbocycles. The van der Waals surface area contributed by atoms with Crippen molar-refractivity contribution < 1.29 is 9.59 Å². The van der Waals surface area contributed by atoms with E-state index in [2.05, 4.69) is 11.4 Å². The lowest BCUT2D eigenvalue weighted by Crippen LogP contribution is -2.36. The van der Waals surface area contributed by atoms with E-state index in [1.807, 2.05) is 46.7 Å². The van der Waals surface area contributed by atoms with Crippen molar-refractivity contribution in [1.82, 2.24) is 10.2 Å². The fourth-order valence-electron chi connectivity index (χ4n) is 3.95. The summed E-state index contributed by atoms with van der Waals surface area (Å²) in [7, 11) is 0. The van der Waals surface area contributed by atoms with Gasteiger partial charge in [0.05, 0.1) is 29.1 Å². The fourth-order valence-corrected chi connectivity index (χ4v) is 5.05. The molecule has 1 saturated heterocycles. The molecule has 4 nitrogen and oxygen atoms in total. The van der Waals surface area contributed by atoms with Crippen molar-refractivity contribution in [3.63, 3.8) is 0 Å². The number of nitrogens with one attached hydrogen (secondary N) is 1. The van der Waals surface area contributed by atoms with E-state index < -0.39 is 6.04 Å². The number of rotatable bonds is 6. The highest BCUT2D eigenvalue weighted by atomic mass is 35.5. The Morgan fingerprint density at radius 3 is 2.57 bits per heavy atom. The Kier molecular flexibility index (Phi) is 6.50. The summed E-state index contributed by atoms with van der Waals surface area (Å²) in [5, 5.41) is 5.47. The van der Waals surface area contributed by atoms with Crippen LogP contribution in [-0.4, -0.2) is 23.3 Å². The number of amides is 2. The van der Waals surface area contributed by atoms with E-state index in [-0.39, 0.29) is 24.3 Å². The predicted octanol–water partition coefficient (Wildman–Crippen LogP) is 5.63. The second-order valence-corrected chi connectivity index (χ2v) is 8.77. The van der Waals surface area contributed by atoms with Gasteiger partial charge in [-0.3, -0.25) is 9.59 Å². The SMILES string of the molecule is O=C(NC(CC(=O)N1CCCC1c1cccs1)c1ccccc1)c1ccccc1Cl. The summed E-state index contributed by atoms with van der Waals surface area (Å²) in [5.74, 6) is -0.224. The van der Waals surface area contributed by atoms with Gasteiger partial charge in [-0.05, 0) is 42.0 Å². The third kappa shape index (κ3) is 4.58. The van der Waals surface area contributed by atoms with Crippen molar-refractivity contribution in [2.24, 2.45) is 0 Å². The van der Waals surface area contributed by atoms with Gasteiger partial charge in [0.25, 0.3) is 5.91 Å². The Morgan fingerprint density at radius 1 is 1.07 bits per heavy atom. The molecule has 1 fully saturated rings. The summed E-state index contributed by atoms with van der Waals surface area (Å²) in [6, 6.07) is 20.4. The Labute approximate surface area is 185 Å². The van der Waals surface area contributed by atoms with Gasteiger partial charge < -0.3 is 10.2 Å². The van der Waals surface area contributed by atoms with E-state index in [1.54, 1.807) is 35.6 Å². The molecule has 1 aliphatic heterocycles. The lowest BCUT2D eigenvalue weighted by Gasteiger charge is -2.27. The number of likely N-dealkylation sites (tertiary alicyclic amines) is 1. The van der Waals surface area contributed by atoms with E-state index in [4.69, 9.17) is 11.6 Å². The highest BCUT2D eigenvalue weighted by molar-refractivity contribution is 7.10. The molecule has 3 aromatic rings. The van der Waals surface area contributed by atoms with Crippen LogP contribution in [-0.2, 0) is 4.79 Å². The summed E-state index contributed by atoms with van der Waals surface area (Å²) in [4.78, 5) is 29.3. The summed E-state index contributed by atoms with van der Waals surface area (Å²) >= 11 is 7.89. The molecule has 4 rings (SSSR count). The highest BCUT2D eigenvalue weighted by Gasteiger charge is 2.32. The Hall–Kier alpha value is -2.63. The molecule has 0 spiro atoms. The molecule has 1 aromatic heterocycles. The minimum Gasteiger partial charge on any atom is -0.345 e. The van der Waals surface area contributed by atoms with Crippen LogP contribution in [0.15, 0.2) is 72.1 Å². The first-order valence-corrected chi connectivity index (χ1v) is 11.3. The first-order valence-electron chi connectivity index (χ1n) is 10.1. The standard InChI is InChI=1S/C24H23ClN2O2S/c25-19-11-5-4-10-18(19)24(29)26-20(17-8-2-1-3-9-17)16-23(28)27-14-6-12-21(27)22-13-7-15-30-22/h1-5,7-11,13,15,20-21H,6,12,14,16H2,(H,26,29). The fraction of sp³-hybridized carbons (Fsp3) is 0.250. The van der Waals surface area contributed by atoms with E-state index in [9.17, 15) is 9.59 Å². The second kappa shape index (κ2) is 9.45. The summed E-state index contributed by atoms with van der Waals surface area (Å²) in [5.41, 5.74) is 1.31. The number of halogens is 1. The molecule has 0 bridgehead atoms. The molecule has 2 heterocycles. The molecule has 154 valence electrons. The lowest BCUT2D eigenvalue weighted by atomic mass is 10.0. The van der Waals surface area contributed by atoms with Gasteiger partial charge in [0.1, 0.15) is 0 Å². The zero-order valence-electron chi connectivity index (χ0n) is 16.5. The molecule has 1 aliphatic rings. The van der Waals surface area contributed by atoms with Gasteiger partial charge in [-0.15, -0.1) is 11.3 Å². The van der Waals surface area contributed by atoms with Crippen LogP contribution < -0.4 is 5.32 Å². The molecular weight excluding hydrogens is 416 g/mol. The average Bonchev–Trinajstić information content (AvgIpc) is 3.45. The van der Waals surface area contributed by atoms with Gasteiger partial charge in [-0.1, -0.05) is 60.1 Å². The largest absolute Gasteiger partial charge is 0.345 e. The van der Waals surface area contributed by atoms with Gasteiger partial charge in [0.2, 0.25) is 5.91 Å². The monoisotopic (exact) mass is 438 g/mol. The van der Waals surface area contributed by atoms with E-state index in [0.717, 1.165) is 24.9 Å². The maximum absolute atomic E-state index is 13.3. The van der Waals surface area contributed by atoms with Crippen molar-refractivity contribution in [2.45, 2.75) is 31.3 Å². The maximum atomic E-state index is 13.3. The zero-order valence-corrected chi connectivity index (χ0v) is 18.0. The van der Waals surface area contributed by atoms with Crippen LogP contribution in [0.2, 0.25) is 5.02 Å². The molecule has 2 amide bonds. The van der Waals surface area contributed by atoms with Gasteiger partial charge >= 0.3 is 0 Å². The minimum absolute atomic E-state index is 0.0548. The Morgan fingerprint density at radius 2 is 1.83 bits per heavy atom. The van der Waals surface area contributed by atoms with Crippen LogP contribution >= 0.6 is 22.9 Å². The molecule has 2 unspecified atom stereocenters. The summed E-state index contributed by atoms with van der Waals surface area (Å²) in [6.45, 7) is 0.751. The number of nitrogens with zero attached hydrogens (tertiary/aromatic N) is 1. The van der Waals surface area contributed by atoms with Gasteiger partial charge in [0, 0.05) is 11.4 Å². The lowest BCUT2D eigenvalue weighted by molar-refractivity contribution is -0.132. The number of carbonyl (C=O) groups excluding carboxylic acids is 2. The molecule has 2 aromatic carbocycles. The first-order chi connectivity index (χ1) is 14.6. The van der Waals surface area contributed by atoms with Crippen LogP contribution in [0.4, 0.5) is 0 Å². The highest BCUT2D eigenvalue weighted by Crippen LogP contribution is 2.35. The second-order valence-electron chi connectivity index (χ2n) is 7.38. The van der Waals surface area contributed by atoms with Gasteiger partial charge in [0.15, 0.2) is 0 Å². The minimum atomic E-state index is -0.424. The average molecular weight is 439 g/mol. The topological polar surface area (TPSA) is 49.4 Å². The molecule has 0 radical (unpaired) electrons. The zero-order chi connectivity index (χ0) is 20.9. The molecule has 2 atom stereocenters. The van der Waals surface area contributed by atoms with Crippen LogP contribution in [0.25, 0.3) is 0 Å². The molecule has 0 saturated carbocycles. The molecule has 30 heavy (non-hydrogen) atoms. The number of benzene rings is 2.